The molecule has 1 aromatic carbocycles. The number of morpholine rings is 1. The zero-order valence-electron chi connectivity index (χ0n) is 13.0. The Morgan fingerprint density at radius 3 is 2.88 bits per heavy atom. The monoisotopic (exact) mass is 368 g/mol. The summed E-state index contributed by atoms with van der Waals surface area (Å²) in [5.74, 6) is -1.03. The minimum atomic E-state index is -0.573. The molecule has 0 saturated carbocycles. The van der Waals surface area contributed by atoms with Crippen molar-refractivity contribution in [2.75, 3.05) is 32.8 Å². The molecule has 0 unspecified atom stereocenters. The minimum absolute atomic E-state index is 0.0330. The van der Waals surface area contributed by atoms with Gasteiger partial charge in [0.2, 0.25) is 0 Å². The van der Waals surface area contributed by atoms with Crippen LogP contribution in [0.15, 0.2) is 35.7 Å². The third kappa shape index (κ3) is 4.13. The Labute approximate surface area is 149 Å². The maximum absolute atomic E-state index is 13.8. The lowest BCUT2D eigenvalue weighted by molar-refractivity contribution is 0.0169. The van der Waals surface area contributed by atoms with Crippen LogP contribution in [0.5, 0.6) is 0 Å². The summed E-state index contributed by atoms with van der Waals surface area (Å²) in [4.78, 5) is 15.8. The van der Waals surface area contributed by atoms with Crippen molar-refractivity contribution in [3.8, 4) is 0 Å². The van der Waals surface area contributed by atoms with Gasteiger partial charge in [-0.05, 0) is 29.6 Å². The van der Waals surface area contributed by atoms with E-state index < -0.39 is 11.7 Å². The fourth-order valence-electron chi connectivity index (χ4n) is 2.74. The lowest BCUT2D eigenvalue weighted by Gasteiger charge is -2.34. The fourth-order valence-corrected chi connectivity index (χ4v) is 3.77. The molecule has 0 bridgehead atoms. The van der Waals surface area contributed by atoms with Crippen molar-refractivity contribution >= 4 is 28.8 Å². The third-order valence-electron chi connectivity index (χ3n) is 3.99. The standard InChI is InChI=1S/C17H18ClFN2O2S/c18-12-3-4-14(19)13(10-12)17(22)20-11-15(16-2-1-9-24-16)21-5-7-23-8-6-21/h1-4,9-10,15H,5-8,11H2,(H,20,22)/t15-/m1/s1. The van der Waals surface area contributed by atoms with Gasteiger partial charge in [0.05, 0.1) is 24.8 Å². The molecule has 1 aliphatic rings. The smallest absolute Gasteiger partial charge is 0.254 e. The van der Waals surface area contributed by atoms with E-state index in [1.54, 1.807) is 11.3 Å². The Hall–Kier alpha value is -1.47. The summed E-state index contributed by atoms with van der Waals surface area (Å²) < 4.78 is 19.2. The van der Waals surface area contributed by atoms with Gasteiger partial charge < -0.3 is 10.1 Å². The van der Waals surface area contributed by atoms with Crippen molar-refractivity contribution in [3.63, 3.8) is 0 Å². The number of amides is 1. The van der Waals surface area contributed by atoms with E-state index in [1.165, 1.54) is 23.1 Å². The molecule has 128 valence electrons. The van der Waals surface area contributed by atoms with Crippen LogP contribution >= 0.6 is 22.9 Å². The Balaban J connectivity index is 1.71. The summed E-state index contributed by atoms with van der Waals surface area (Å²) in [7, 11) is 0. The first-order valence-corrected chi connectivity index (χ1v) is 8.99. The first-order chi connectivity index (χ1) is 11.6. The average molecular weight is 369 g/mol. The quantitative estimate of drug-likeness (QED) is 0.880. The molecular weight excluding hydrogens is 351 g/mol. The molecule has 2 heterocycles. The number of benzene rings is 1. The molecule has 1 atom stereocenters. The number of hydrogen-bond acceptors (Lipinski definition) is 4. The maximum atomic E-state index is 13.8. The molecule has 0 aliphatic carbocycles. The molecule has 1 fully saturated rings. The highest BCUT2D eigenvalue weighted by molar-refractivity contribution is 7.10. The van der Waals surface area contributed by atoms with Gasteiger partial charge in [-0.25, -0.2) is 4.39 Å². The number of ether oxygens (including phenoxy) is 1. The van der Waals surface area contributed by atoms with E-state index in [0.717, 1.165) is 13.1 Å². The number of halogens is 2. The first-order valence-electron chi connectivity index (χ1n) is 7.73. The SMILES string of the molecule is O=C(NC[C@H](c1cccs1)N1CCOCC1)c1cc(Cl)ccc1F. The van der Waals surface area contributed by atoms with Crippen molar-refractivity contribution in [1.82, 2.24) is 10.2 Å². The predicted molar refractivity (Wildman–Crippen MR) is 93.2 cm³/mol. The van der Waals surface area contributed by atoms with Gasteiger partial charge in [-0.15, -0.1) is 11.3 Å². The van der Waals surface area contributed by atoms with E-state index in [1.807, 2.05) is 11.4 Å². The third-order valence-corrected chi connectivity index (χ3v) is 5.20. The Morgan fingerprint density at radius 1 is 1.38 bits per heavy atom. The van der Waals surface area contributed by atoms with Crippen LogP contribution in [0, 0.1) is 5.82 Å². The summed E-state index contributed by atoms with van der Waals surface area (Å²) in [5, 5.41) is 5.19. The first kappa shape index (κ1) is 17.4. The minimum Gasteiger partial charge on any atom is -0.379 e. The number of carbonyl (C=O) groups excluding carboxylic acids is 1. The number of carbonyl (C=O) groups is 1. The zero-order valence-corrected chi connectivity index (χ0v) is 14.6. The van der Waals surface area contributed by atoms with E-state index in [0.29, 0.717) is 24.8 Å². The van der Waals surface area contributed by atoms with Crippen LogP contribution < -0.4 is 5.32 Å². The van der Waals surface area contributed by atoms with Gasteiger partial charge in [0.25, 0.3) is 5.91 Å². The van der Waals surface area contributed by atoms with Gasteiger partial charge in [0.15, 0.2) is 0 Å². The Morgan fingerprint density at radius 2 is 2.17 bits per heavy atom. The summed E-state index contributed by atoms with van der Waals surface area (Å²) in [5.41, 5.74) is -0.0330. The molecule has 1 aromatic heterocycles. The number of nitrogens with one attached hydrogen (secondary N) is 1. The fraction of sp³-hybridized carbons (Fsp3) is 0.353. The second kappa shape index (κ2) is 8.07. The summed E-state index contributed by atoms with van der Waals surface area (Å²) in [6, 6.07) is 8.08. The molecule has 24 heavy (non-hydrogen) atoms. The van der Waals surface area contributed by atoms with Crippen molar-refractivity contribution in [1.29, 1.82) is 0 Å². The van der Waals surface area contributed by atoms with Gasteiger partial charge >= 0.3 is 0 Å². The van der Waals surface area contributed by atoms with Crippen LogP contribution in [-0.4, -0.2) is 43.7 Å². The second-order valence-corrected chi connectivity index (χ2v) is 6.93. The number of rotatable bonds is 5. The molecule has 1 N–H and O–H groups in total. The Bertz CT molecular complexity index is 690. The van der Waals surface area contributed by atoms with E-state index >= 15 is 0 Å². The van der Waals surface area contributed by atoms with Gasteiger partial charge in [0.1, 0.15) is 5.82 Å². The van der Waals surface area contributed by atoms with E-state index in [9.17, 15) is 9.18 Å². The zero-order chi connectivity index (χ0) is 16.9. The van der Waals surface area contributed by atoms with Crippen LogP contribution in [0.2, 0.25) is 5.02 Å². The summed E-state index contributed by atoms with van der Waals surface area (Å²) in [6.45, 7) is 3.39. The Kier molecular flexibility index (Phi) is 5.84. The molecule has 1 saturated heterocycles. The van der Waals surface area contributed by atoms with E-state index in [2.05, 4.69) is 16.3 Å². The molecule has 1 aliphatic heterocycles. The highest BCUT2D eigenvalue weighted by Crippen LogP contribution is 2.25. The average Bonchev–Trinajstić information content (AvgIpc) is 3.12. The van der Waals surface area contributed by atoms with Crippen LogP contribution in [0.4, 0.5) is 4.39 Å². The van der Waals surface area contributed by atoms with Crippen LogP contribution in [0.1, 0.15) is 21.3 Å². The summed E-state index contributed by atoms with van der Waals surface area (Å²) in [6.07, 6.45) is 0. The highest BCUT2D eigenvalue weighted by Gasteiger charge is 2.24. The molecule has 3 rings (SSSR count). The maximum Gasteiger partial charge on any atom is 0.254 e. The van der Waals surface area contributed by atoms with Crippen molar-refractivity contribution in [2.45, 2.75) is 6.04 Å². The van der Waals surface area contributed by atoms with Gasteiger partial charge in [-0.1, -0.05) is 17.7 Å². The topological polar surface area (TPSA) is 41.6 Å². The second-order valence-electron chi connectivity index (χ2n) is 5.51. The molecule has 0 radical (unpaired) electrons. The normalized spacial score (nSPS) is 16.8. The van der Waals surface area contributed by atoms with E-state index in [4.69, 9.17) is 16.3 Å². The van der Waals surface area contributed by atoms with Gasteiger partial charge in [-0.3, -0.25) is 9.69 Å². The molecule has 0 spiro atoms. The van der Waals surface area contributed by atoms with Crippen molar-refractivity contribution in [2.24, 2.45) is 0 Å². The summed E-state index contributed by atoms with van der Waals surface area (Å²) >= 11 is 7.51. The van der Waals surface area contributed by atoms with E-state index in [-0.39, 0.29) is 11.6 Å². The predicted octanol–water partition coefficient (Wildman–Crippen LogP) is 3.34. The number of hydrogen-bond donors (Lipinski definition) is 1. The van der Waals surface area contributed by atoms with Crippen LogP contribution in [0.25, 0.3) is 0 Å². The molecule has 7 heteroatoms. The number of thiophene rings is 1. The number of nitrogens with zero attached hydrogens (tertiary/aromatic N) is 1. The largest absolute Gasteiger partial charge is 0.379 e. The molecule has 1 amide bonds. The molecular formula is C17H18ClFN2O2S. The van der Waals surface area contributed by atoms with Crippen LogP contribution in [0.3, 0.4) is 0 Å². The van der Waals surface area contributed by atoms with Gasteiger partial charge in [0, 0.05) is 29.5 Å². The highest BCUT2D eigenvalue weighted by atomic mass is 35.5. The van der Waals surface area contributed by atoms with Crippen LogP contribution in [-0.2, 0) is 4.74 Å². The van der Waals surface area contributed by atoms with Crippen molar-refractivity contribution < 1.29 is 13.9 Å². The van der Waals surface area contributed by atoms with Crippen molar-refractivity contribution in [3.05, 3.63) is 57.0 Å². The molecule has 4 nitrogen and oxygen atoms in total. The molecule has 2 aromatic rings. The van der Waals surface area contributed by atoms with Gasteiger partial charge in [-0.2, -0.15) is 0 Å². The lowest BCUT2D eigenvalue weighted by Crippen LogP contribution is -2.43. The lowest BCUT2D eigenvalue weighted by atomic mass is 10.1.